The van der Waals surface area contributed by atoms with Gasteiger partial charge in [0.25, 0.3) is 0 Å². The minimum Gasteiger partial charge on any atom is -0.353 e. The Morgan fingerprint density at radius 3 is 3.20 bits per heavy atom. The topological polar surface area (TPSA) is 71.1 Å². The Balaban J connectivity index is 2.22. The van der Waals surface area contributed by atoms with Crippen LogP contribution >= 0.6 is 0 Å². The second kappa shape index (κ2) is 3.72. The molecular weight excluding hydrogens is 193 g/mol. The van der Waals surface area contributed by atoms with Crippen molar-refractivity contribution in [1.82, 2.24) is 10.3 Å². The van der Waals surface area contributed by atoms with E-state index in [1.165, 1.54) is 7.85 Å². The van der Waals surface area contributed by atoms with E-state index in [0.29, 0.717) is 6.42 Å². The molecular formula is C9H10BN3O2. The van der Waals surface area contributed by atoms with E-state index in [9.17, 15) is 9.59 Å². The predicted octanol–water partition coefficient (Wildman–Crippen LogP) is -0.713. The largest absolute Gasteiger partial charge is 0.353 e. The highest BCUT2D eigenvalue weighted by Gasteiger charge is 2.26. The standard InChI is InChI=1S/C9H10BN3O2/c10-9(15)13-7-4-6-5(12-8(7)14)2-1-3-11-6/h1-3,7H,4,10H2,(H,12,14)(H,13,15). The normalized spacial score (nSPS) is 18.9. The highest BCUT2D eigenvalue weighted by atomic mass is 16.2. The maximum atomic E-state index is 11.5. The van der Waals surface area contributed by atoms with E-state index >= 15 is 0 Å². The van der Waals surface area contributed by atoms with Gasteiger partial charge in [0, 0.05) is 12.6 Å². The summed E-state index contributed by atoms with van der Waals surface area (Å²) in [5, 5.41) is 5.28. The minimum atomic E-state index is -0.509. The molecule has 2 heterocycles. The van der Waals surface area contributed by atoms with E-state index in [4.69, 9.17) is 0 Å². The van der Waals surface area contributed by atoms with Gasteiger partial charge in [0.2, 0.25) is 13.8 Å². The Kier molecular flexibility index (Phi) is 2.41. The van der Waals surface area contributed by atoms with Gasteiger partial charge in [-0.2, -0.15) is 0 Å². The van der Waals surface area contributed by atoms with Crippen LogP contribution in [-0.2, 0) is 11.2 Å². The van der Waals surface area contributed by atoms with Crippen LogP contribution in [0.2, 0.25) is 0 Å². The van der Waals surface area contributed by atoms with Crippen LogP contribution in [0.25, 0.3) is 0 Å². The summed E-state index contributed by atoms with van der Waals surface area (Å²) in [6.45, 7) is 0. The quantitative estimate of drug-likeness (QED) is 0.592. The van der Waals surface area contributed by atoms with Crippen molar-refractivity contribution in [2.24, 2.45) is 0 Å². The fourth-order valence-corrected chi connectivity index (χ4v) is 1.58. The van der Waals surface area contributed by atoms with E-state index in [1.807, 2.05) is 0 Å². The van der Waals surface area contributed by atoms with Crippen LogP contribution in [0.4, 0.5) is 10.5 Å². The molecule has 0 fully saturated rings. The molecule has 0 saturated heterocycles. The molecule has 6 heteroatoms. The molecule has 1 unspecified atom stereocenters. The van der Waals surface area contributed by atoms with Gasteiger partial charge in [-0.25, -0.2) is 0 Å². The zero-order chi connectivity index (χ0) is 10.8. The first kappa shape index (κ1) is 9.70. The number of anilines is 1. The molecule has 1 aliphatic rings. The molecule has 0 bridgehead atoms. The third-order valence-corrected chi connectivity index (χ3v) is 2.24. The molecule has 0 saturated carbocycles. The lowest BCUT2D eigenvalue weighted by Crippen LogP contribution is -2.47. The summed E-state index contributed by atoms with van der Waals surface area (Å²) in [4.78, 5) is 26.5. The molecule has 1 atom stereocenters. The van der Waals surface area contributed by atoms with Crippen molar-refractivity contribution in [2.45, 2.75) is 12.5 Å². The van der Waals surface area contributed by atoms with Crippen molar-refractivity contribution >= 4 is 25.2 Å². The monoisotopic (exact) mass is 203 g/mol. The number of carbonyl (C=O) groups is 2. The van der Waals surface area contributed by atoms with Crippen molar-refractivity contribution in [3.8, 4) is 0 Å². The first-order chi connectivity index (χ1) is 7.16. The average molecular weight is 203 g/mol. The Bertz CT molecular complexity index is 422. The Hall–Kier alpha value is -1.85. The lowest BCUT2D eigenvalue weighted by molar-refractivity contribution is -0.118. The number of hydrogen-bond donors (Lipinski definition) is 2. The van der Waals surface area contributed by atoms with Crippen LogP contribution in [-0.4, -0.2) is 30.6 Å². The second-order valence-corrected chi connectivity index (χ2v) is 3.44. The summed E-state index contributed by atoms with van der Waals surface area (Å²) in [5.74, 6) is -0.403. The van der Waals surface area contributed by atoms with Crippen molar-refractivity contribution in [2.75, 3.05) is 5.32 Å². The Labute approximate surface area is 87.7 Å². The summed E-state index contributed by atoms with van der Waals surface area (Å²) >= 11 is 0. The van der Waals surface area contributed by atoms with Gasteiger partial charge in [0.15, 0.2) is 5.81 Å². The molecule has 5 nitrogen and oxygen atoms in total. The van der Waals surface area contributed by atoms with Crippen molar-refractivity contribution in [3.63, 3.8) is 0 Å². The molecule has 2 amide bonds. The molecule has 1 aromatic heterocycles. The number of rotatable bonds is 1. The van der Waals surface area contributed by atoms with Crippen LogP contribution in [0.3, 0.4) is 0 Å². The maximum absolute atomic E-state index is 11.5. The lowest BCUT2D eigenvalue weighted by Gasteiger charge is -2.23. The minimum absolute atomic E-state index is 0.189. The SMILES string of the molecule is BC(=O)NC1Cc2ncccc2NC1=O. The zero-order valence-corrected chi connectivity index (χ0v) is 8.28. The van der Waals surface area contributed by atoms with Gasteiger partial charge in [-0.1, -0.05) is 0 Å². The number of nitrogens with zero attached hydrogens (tertiary/aromatic N) is 1. The molecule has 0 aromatic carbocycles. The van der Waals surface area contributed by atoms with Crippen LogP contribution in [0.15, 0.2) is 18.3 Å². The summed E-state index contributed by atoms with van der Waals surface area (Å²) < 4.78 is 0. The molecule has 1 aliphatic heterocycles. The third kappa shape index (κ3) is 1.98. The number of hydrogen-bond acceptors (Lipinski definition) is 3. The van der Waals surface area contributed by atoms with Gasteiger partial charge < -0.3 is 10.6 Å². The number of pyridine rings is 1. The molecule has 0 aliphatic carbocycles. The van der Waals surface area contributed by atoms with Gasteiger partial charge in [-0.3, -0.25) is 14.6 Å². The van der Waals surface area contributed by atoms with Crippen LogP contribution in [0, 0.1) is 0 Å². The van der Waals surface area contributed by atoms with E-state index < -0.39 is 6.04 Å². The summed E-state index contributed by atoms with van der Waals surface area (Å²) in [7, 11) is 1.39. The van der Waals surface area contributed by atoms with E-state index in [-0.39, 0.29) is 11.7 Å². The molecule has 15 heavy (non-hydrogen) atoms. The van der Waals surface area contributed by atoms with Gasteiger partial charge >= 0.3 is 0 Å². The zero-order valence-electron chi connectivity index (χ0n) is 8.28. The summed E-state index contributed by atoms with van der Waals surface area (Å²) in [6.07, 6.45) is 2.11. The highest BCUT2D eigenvalue weighted by molar-refractivity contribution is 6.57. The Morgan fingerprint density at radius 1 is 1.67 bits per heavy atom. The molecule has 76 valence electrons. The number of aromatic nitrogens is 1. The maximum Gasteiger partial charge on any atom is 0.247 e. The first-order valence-corrected chi connectivity index (χ1v) is 4.68. The second-order valence-electron chi connectivity index (χ2n) is 3.44. The highest BCUT2D eigenvalue weighted by Crippen LogP contribution is 2.19. The van der Waals surface area contributed by atoms with Crippen molar-refractivity contribution < 1.29 is 9.59 Å². The van der Waals surface area contributed by atoms with E-state index in [2.05, 4.69) is 15.6 Å². The first-order valence-electron chi connectivity index (χ1n) is 4.68. The van der Waals surface area contributed by atoms with Crippen molar-refractivity contribution in [3.05, 3.63) is 24.0 Å². The van der Waals surface area contributed by atoms with E-state index in [1.54, 1.807) is 18.3 Å². The fraction of sp³-hybridized carbons (Fsp3) is 0.222. The van der Waals surface area contributed by atoms with E-state index in [0.717, 1.165) is 11.4 Å². The number of fused-ring (bicyclic) bond motifs is 1. The Morgan fingerprint density at radius 2 is 2.47 bits per heavy atom. The number of amides is 2. The number of nitrogens with one attached hydrogen (secondary N) is 2. The molecule has 0 spiro atoms. The summed E-state index contributed by atoms with van der Waals surface area (Å²) in [5.41, 5.74) is 1.53. The van der Waals surface area contributed by atoms with Gasteiger partial charge in [0.05, 0.1) is 11.4 Å². The molecule has 0 radical (unpaired) electrons. The molecule has 1 aromatic rings. The van der Waals surface area contributed by atoms with Crippen LogP contribution in [0.5, 0.6) is 0 Å². The fourth-order valence-electron chi connectivity index (χ4n) is 1.58. The van der Waals surface area contributed by atoms with Crippen LogP contribution < -0.4 is 10.6 Å². The average Bonchev–Trinajstić information content (AvgIpc) is 2.18. The van der Waals surface area contributed by atoms with Crippen molar-refractivity contribution in [1.29, 1.82) is 0 Å². The van der Waals surface area contributed by atoms with Gasteiger partial charge in [0.1, 0.15) is 6.04 Å². The van der Waals surface area contributed by atoms with Gasteiger partial charge in [-0.05, 0) is 12.1 Å². The smallest absolute Gasteiger partial charge is 0.247 e. The van der Waals surface area contributed by atoms with Gasteiger partial charge in [-0.15, -0.1) is 0 Å². The molecule has 2 N–H and O–H groups in total. The van der Waals surface area contributed by atoms with Crippen LogP contribution in [0.1, 0.15) is 5.69 Å². The third-order valence-electron chi connectivity index (χ3n) is 2.24. The predicted molar refractivity (Wildman–Crippen MR) is 57.4 cm³/mol. The lowest BCUT2D eigenvalue weighted by atomic mass is 10.0. The number of carbonyl (C=O) groups excluding carboxylic acids is 2. The molecule has 2 rings (SSSR count). The summed E-state index contributed by atoms with van der Waals surface area (Å²) in [6, 6.07) is 3.05.